The van der Waals surface area contributed by atoms with Gasteiger partial charge in [-0.1, -0.05) is 121 Å². The van der Waals surface area contributed by atoms with Gasteiger partial charge in [-0.3, -0.25) is 0 Å². The second-order valence-electron chi connectivity index (χ2n) is 12.0. The fraction of sp³-hybridized carbons (Fsp3) is 0. The molecule has 7 aromatic carbocycles. The summed E-state index contributed by atoms with van der Waals surface area (Å²) in [7, 11) is 0. The lowest BCUT2D eigenvalue weighted by atomic mass is 9.94. The Morgan fingerprint density at radius 3 is 1.67 bits per heavy atom. The summed E-state index contributed by atoms with van der Waals surface area (Å²) in [6, 6.07) is 51.6. The lowest BCUT2D eigenvalue weighted by molar-refractivity contribution is 0.668. The number of fused-ring (bicyclic) bond motifs is 8. The van der Waals surface area contributed by atoms with E-state index >= 15 is 0 Å². The van der Waals surface area contributed by atoms with E-state index in [0.717, 1.165) is 82.5 Å². The van der Waals surface area contributed by atoms with Crippen LogP contribution in [0.25, 0.3) is 99.9 Å². The van der Waals surface area contributed by atoms with E-state index in [2.05, 4.69) is 78.9 Å². The third-order valence-corrected chi connectivity index (χ3v) is 9.14. The number of nitrogens with zero attached hydrogens (tertiary/aromatic N) is 3. The molecule has 10 rings (SSSR count). The van der Waals surface area contributed by atoms with Crippen LogP contribution >= 0.6 is 0 Å². The van der Waals surface area contributed by atoms with Crippen molar-refractivity contribution in [2.75, 3.05) is 0 Å². The maximum absolute atomic E-state index is 6.21. The molecule has 0 radical (unpaired) electrons. The summed E-state index contributed by atoms with van der Waals surface area (Å²) in [5.41, 5.74) is 8.37. The summed E-state index contributed by atoms with van der Waals surface area (Å²) in [6.07, 6.45) is 0. The van der Waals surface area contributed by atoms with E-state index in [1.54, 1.807) is 0 Å². The highest BCUT2D eigenvalue weighted by molar-refractivity contribution is 6.21. The number of aromatic nitrogens is 3. The van der Waals surface area contributed by atoms with Gasteiger partial charge in [-0.25, -0.2) is 15.0 Å². The van der Waals surface area contributed by atoms with Gasteiger partial charge in [0.05, 0.1) is 0 Å². The Labute approximate surface area is 274 Å². The Hall–Kier alpha value is -6.59. The Morgan fingerprint density at radius 2 is 0.854 bits per heavy atom. The number of rotatable bonds is 4. The lowest BCUT2D eigenvalue weighted by Crippen LogP contribution is -2.00. The highest BCUT2D eigenvalue weighted by Gasteiger charge is 2.18. The quantitative estimate of drug-likeness (QED) is 0.197. The molecule has 0 bridgehead atoms. The Kier molecular flexibility index (Phi) is 5.81. The van der Waals surface area contributed by atoms with Crippen LogP contribution in [-0.4, -0.2) is 15.0 Å². The van der Waals surface area contributed by atoms with E-state index in [-0.39, 0.29) is 0 Å². The van der Waals surface area contributed by atoms with Gasteiger partial charge in [0.2, 0.25) is 0 Å². The fourth-order valence-electron chi connectivity index (χ4n) is 6.96. The average Bonchev–Trinajstić information content (AvgIpc) is 3.74. The van der Waals surface area contributed by atoms with Crippen LogP contribution in [-0.2, 0) is 0 Å². The van der Waals surface area contributed by atoms with Crippen LogP contribution in [0.2, 0.25) is 0 Å². The zero-order valence-electron chi connectivity index (χ0n) is 25.6. The van der Waals surface area contributed by atoms with Crippen molar-refractivity contribution in [1.29, 1.82) is 0 Å². The number of hydrogen-bond acceptors (Lipinski definition) is 5. The van der Waals surface area contributed by atoms with Crippen molar-refractivity contribution in [2.45, 2.75) is 0 Å². The van der Waals surface area contributed by atoms with Crippen molar-refractivity contribution < 1.29 is 8.83 Å². The van der Waals surface area contributed by atoms with Gasteiger partial charge in [0.15, 0.2) is 17.5 Å². The molecule has 5 nitrogen and oxygen atoms in total. The standard InChI is InChI=1S/C43H25N3O2/c1-2-11-26(12-3-1)41-44-42(46-43(45-41)34-19-10-22-37-40(34)33-16-5-7-21-36(33)47-37)28-14-8-13-27(25-28)29-17-9-18-31-30(29)23-24-38-39(31)32-15-4-6-20-35(32)48-38/h1-25H. The van der Waals surface area contributed by atoms with Gasteiger partial charge in [-0.2, -0.15) is 0 Å². The molecular formula is C43H25N3O2. The van der Waals surface area contributed by atoms with Crippen LogP contribution in [0.4, 0.5) is 0 Å². The maximum Gasteiger partial charge on any atom is 0.164 e. The van der Waals surface area contributed by atoms with E-state index in [1.165, 1.54) is 0 Å². The molecule has 48 heavy (non-hydrogen) atoms. The number of para-hydroxylation sites is 2. The fourth-order valence-corrected chi connectivity index (χ4v) is 6.96. The van der Waals surface area contributed by atoms with E-state index in [0.29, 0.717) is 17.5 Å². The Bertz CT molecular complexity index is 2850. The molecule has 0 fully saturated rings. The van der Waals surface area contributed by atoms with Crippen molar-refractivity contribution in [3.63, 3.8) is 0 Å². The van der Waals surface area contributed by atoms with Crippen LogP contribution in [0.3, 0.4) is 0 Å². The second-order valence-corrected chi connectivity index (χ2v) is 12.0. The highest BCUT2D eigenvalue weighted by Crippen LogP contribution is 2.40. The highest BCUT2D eigenvalue weighted by atomic mass is 16.3. The summed E-state index contributed by atoms with van der Waals surface area (Å²) < 4.78 is 12.4. The van der Waals surface area contributed by atoms with Crippen molar-refractivity contribution in [3.8, 4) is 45.3 Å². The molecule has 0 amide bonds. The van der Waals surface area contributed by atoms with Crippen LogP contribution in [0.5, 0.6) is 0 Å². The predicted molar refractivity (Wildman–Crippen MR) is 194 cm³/mol. The zero-order chi connectivity index (χ0) is 31.6. The van der Waals surface area contributed by atoms with Gasteiger partial charge >= 0.3 is 0 Å². The molecular weight excluding hydrogens is 590 g/mol. The smallest absolute Gasteiger partial charge is 0.164 e. The third-order valence-electron chi connectivity index (χ3n) is 9.14. The molecule has 0 saturated carbocycles. The minimum absolute atomic E-state index is 0.598. The molecule has 0 atom stereocenters. The van der Waals surface area contributed by atoms with Gasteiger partial charge in [0, 0.05) is 38.2 Å². The second kappa shape index (κ2) is 10.5. The SMILES string of the molecule is c1ccc(-c2nc(-c3cccc(-c4cccc5c4ccc4oc6ccccc6c45)c3)nc(-c3cccc4oc5ccccc5c34)n2)cc1. The molecule has 224 valence electrons. The lowest BCUT2D eigenvalue weighted by Gasteiger charge is -2.11. The van der Waals surface area contributed by atoms with Crippen LogP contribution < -0.4 is 0 Å². The van der Waals surface area contributed by atoms with Gasteiger partial charge in [0.25, 0.3) is 0 Å². The first-order valence-corrected chi connectivity index (χ1v) is 15.9. The summed E-state index contributed by atoms with van der Waals surface area (Å²) in [5, 5.41) is 6.60. The normalized spacial score (nSPS) is 11.8. The molecule has 5 heteroatoms. The number of benzene rings is 7. The Balaban J connectivity index is 1.17. The molecule has 3 heterocycles. The molecule has 0 spiro atoms. The van der Waals surface area contributed by atoms with Crippen LogP contribution in [0.1, 0.15) is 0 Å². The van der Waals surface area contributed by atoms with Crippen molar-refractivity contribution in [2.24, 2.45) is 0 Å². The average molecular weight is 616 g/mol. The first-order valence-electron chi connectivity index (χ1n) is 15.9. The monoisotopic (exact) mass is 615 g/mol. The van der Waals surface area contributed by atoms with E-state index in [4.69, 9.17) is 23.8 Å². The van der Waals surface area contributed by atoms with Crippen molar-refractivity contribution in [1.82, 2.24) is 15.0 Å². The molecule has 0 aliphatic heterocycles. The molecule has 10 aromatic rings. The van der Waals surface area contributed by atoms with Crippen LogP contribution in [0.15, 0.2) is 160 Å². The largest absolute Gasteiger partial charge is 0.456 e. The molecule has 0 aliphatic carbocycles. The maximum atomic E-state index is 6.21. The third kappa shape index (κ3) is 4.15. The van der Waals surface area contributed by atoms with Gasteiger partial charge in [0.1, 0.15) is 22.3 Å². The van der Waals surface area contributed by atoms with Gasteiger partial charge in [-0.05, 0) is 52.2 Å². The molecule has 0 unspecified atom stereocenters. The zero-order valence-corrected chi connectivity index (χ0v) is 25.6. The molecule has 0 saturated heterocycles. The number of hydrogen-bond donors (Lipinski definition) is 0. The first kappa shape index (κ1) is 26.6. The molecule has 0 N–H and O–H groups in total. The first-order chi connectivity index (χ1) is 23.8. The van der Waals surface area contributed by atoms with E-state index in [1.807, 2.05) is 72.8 Å². The summed E-state index contributed by atoms with van der Waals surface area (Å²) >= 11 is 0. The molecule has 3 aromatic heterocycles. The van der Waals surface area contributed by atoms with E-state index in [9.17, 15) is 0 Å². The molecule has 0 aliphatic rings. The minimum Gasteiger partial charge on any atom is -0.456 e. The van der Waals surface area contributed by atoms with Gasteiger partial charge < -0.3 is 8.83 Å². The topological polar surface area (TPSA) is 65.0 Å². The van der Waals surface area contributed by atoms with Gasteiger partial charge in [-0.15, -0.1) is 0 Å². The van der Waals surface area contributed by atoms with Crippen molar-refractivity contribution in [3.05, 3.63) is 152 Å². The van der Waals surface area contributed by atoms with Crippen LogP contribution in [0, 0.1) is 0 Å². The minimum atomic E-state index is 0.598. The Morgan fingerprint density at radius 1 is 0.312 bits per heavy atom. The summed E-state index contributed by atoms with van der Waals surface area (Å²) in [5.74, 6) is 1.82. The predicted octanol–water partition coefficient (Wildman–Crippen LogP) is 11.5. The summed E-state index contributed by atoms with van der Waals surface area (Å²) in [4.78, 5) is 15.2. The van der Waals surface area contributed by atoms with Crippen molar-refractivity contribution >= 4 is 54.6 Å². The van der Waals surface area contributed by atoms with E-state index < -0.39 is 0 Å². The number of furan rings is 2. The summed E-state index contributed by atoms with van der Waals surface area (Å²) in [6.45, 7) is 0.